The molecule has 2 aromatic rings. The molecule has 0 bridgehead atoms. The standard InChI is InChI=1S/C13H10BrClFNO/c14-9-4-10(16)6-11(5-9)18-13-8(7-17)2-1-3-12(13)15/h1-6H,7,17H2. The van der Waals surface area contributed by atoms with E-state index in [1.807, 2.05) is 6.07 Å². The SMILES string of the molecule is NCc1cccc(Cl)c1Oc1cc(F)cc(Br)c1. The van der Waals surface area contributed by atoms with Crippen LogP contribution < -0.4 is 10.5 Å². The minimum atomic E-state index is -0.388. The number of ether oxygens (including phenoxy) is 1. The van der Waals surface area contributed by atoms with Crippen molar-refractivity contribution in [3.8, 4) is 11.5 Å². The highest BCUT2D eigenvalue weighted by atomic mass is 79.9. The second-order valence-electron chi connectivity index (χ2n) is 3.64. The highest BCUT2D eigenvalue weighted by Crippen LogP contribution is 2.34. The molecule has 2 rings (SSSR count). The van der Waals surface area contributed by atoms with Gasteiger partial charge in [0.1, 0.15) is 17.3 Å². The van der Waals surface area contributed by atoms with E-state index in [0.29, 0.717) is 27.5 Å². The lowest BCUT2D eigenvalue weighted by atomic mass is 10.2. The fourth-order valence-corrected chi connectivity index (χ4v) is 2.21. The van der Waals surface area contributed by atoms with E-state index in [-0.39, 0.29) is 5.82 Å². The lowest BCUT2D eigenvalue weighted by Crippen LogP contribution is -2.00. The first kappa shape index (κ1) is 13.3. The van der Waals surface area contributed by atoms with Crippen LogP contribution in [-0.2, 0) is 6.54 Å². The first-order valence-electron chi connectivity index (χ1n) is 5.21. The zero-order valence-electron chi connectivity index (χ0n) is 9.29. The first-order chi connectivity index (χ1) is 8.60. The van der Waals surface area contributed by atoms with Gasteiger partial charge in [-0.15, -0.1) is 0 Å². The van der Waals surface area contributed by atoms with Crippen molar-refractivity contribution in [2.45, 2.75) is 6.54 Å². The molecule has 2 nitrogen and oxygen atoms in total. The zero-order chi connectivity index (χ0) is 13.1. The van der Waals surface area contributed by atoms with E-state index >= 15 is 0 Å². The van der Waals surface area contributed by atoms with Gasteiger partial charge in [-0.05, 0) is 18.2 Å². The highest BCUT2D eigenvalue weighted by Gasteiger charge is 2.09. The van der Waals surface area contributed by atoms with E-state index in [4.69, 9.17) is 22.1 Å². The number of hydrogen-bond donors (Lipinski definition) is 1. The van der Waals surface area contributed by atoms with E-state index in [1.165, 1.54) is 12.1 Å². The molecule has 0 aromatic heterocycles. The summed E-state index contributed by atoms with van der Waals surface area (Å²) in [5, 5.41) is 0.443. The highest BCUT2D eigenvalue weighted by molar-refractivity contribution is 9.10. The van der Waals surface area contributed by atoms with Crippen LogP contribution in [0.1, 0.15) is 5.56 Å². The summed E-state index contributed by atoms with van der Waals surface area (Å²) in [6.45, 7) is 0.298. The van der Waals surface area contributed by atoms with Gasteiger partial charge in [0.2, 0.25) is 0 Å². The summed E-state index contributed by atoms with van der Waals surface area (Å²) in [5.41, 5.74) is 6.38. The number of hydrogen-bond acceptors (Lipinski definition) is 2. The van der Waals surface area contributed by atoms with Gasteiger partial charge in [-0.25, -0.2) is 4.39 Å². The van der Waals surface area contributed by atoms with Crippen molar-refractivity contribution in [2.75, 3.05) is 0 Å². The van der Waals surface area contributed by atoms with Crippen LogP contribution in [0.3, 0.4) is 0 Å². The normalized spacial score (nSPS) is 10.4. The summed E-state index contributed by atoms with van der Waals surface area (Å²) in [6, 6.07) is 9.60. The minimum Gasteiger partial charge on any atom is -0.455 e. The Morgan fingerprint density at radius 2 is 2.06 bits per heavy atom. The lowest BCUT2D eigenvalue weighted by molar-refractivity contribution is 0.470. The van der Waals surface area contributed by atoms with E-state index < -0.39 is 0 Å². The van der Waals surface area contributed by atoms with Crippen LogP contribution in [-0.4, -0.2) is 0 Å². The Balaban J connectivity index is 2.39. The van der Waals surface area contributed by atoms with Crippen molar-refractivity contribution in [2.24, 2.45) is 5.73 Å². The molecular formula is C13H10BrClFNO. The third-order valence-electron chi connectivity index (χ3n) is 2.32. The van der Waals surface area contributed by atoms with Gasteiger partial charge < -0.3 is 10.5 Å². The van der Waals surface area contributed by atoms with Crippen molar-refractivity contribution in [1.29, 1.82) is 0 Å². The van der Waals surface area contributed by atoms with E-state index in [0.717, 1.165) is 5.56 Å². The monoisotopic (exact) mass is 329 g/mol. The molecule has 2 N–H and O–H groups in total. The fourth-order valence-electron chi connectivity index (χ4n) is 1.53. The first-order valence-corrected chi connectivity index (χ1v) is 6.38. The molecule has 18 heavy (non-hydrogen) atoms. The average molecular weight is 331 g/mol. The molecule has 0 amide bonds. The summed E-state index contributed by atoms with van der Waals surface area (Å²) in [7, 11) is 0. The zero-order valence-corrected chi connectivity index (χ0v) is 11.6. The molecule has 0 radical (unpaired) electrons. The van der Waals surface area contributed by atoms with E-state index in [9.17, 15) is 4.39 Å². The number of nitrogens with two attached hydrogens (primary N) is 1. The quantitative estimate of drug-likeness (QED) is 0.899. The molecule has 94 valence electrons. The third kappa shape index (κ3) is 3.02. The molecule has 0 spiro atoms. The summed E-state index contributed by atoms with van der Waals surface area (Å²) in [4.78, 5) is 0. The van der Waals surface area contributed by atoms with Crippen LogP contribution in [0.2, 0.25) is 5.02 Å². The number of halogens is 3. The van der Waals surface area contributed by atoms with Crippen molar-refractivity contribution >= 4 is 27.5 Å². The largest absolute Gasteiger partial charge is 0.455 e. The molecule has 5 heteroatoms. The van der Waals surface area contributed by atoms with Gasteiger partial charge in [0, 0.05) is 22.6 Å². The molecule has 0 aliphatic carbocycles. The van der Waals surface area contributed by atoms with Crippen molar-refractivity contribution < 1.29 is 9.13 Å². The molecule has 2 aromatic carbocycles. The lowest BCUT2D eigenvalue weighted by Gasteiger charge is -2.12. The summed E-state index contributed by atoms with van der Waals surface area (Å²) in [6.07, 6.45) is 0. The van der Waals surface area contributed by atoms with Gasteiger partial charge in [0.05, 0.1) is 5.02 Å². The summed E-state index contributed by atoms with van der Waals surface area (Å²) < 4.78 is 19.5. The maximum absolute atomic E-state index is 13.2. The molecule has 0 atom stereocenters. The Hall–Kier alpha value is -1.10. The molecule has 0 saturated heterocycles. The van der Waals surface area contributed by atoms with Gasteiger partial charge in [0.15, 0.2) is 0 Å². The molecule has 0 aliphatic rings. The predicted molar refractivity (Wildman–Crippen MR) is 73.5 cm³/mol. The smallest absolute Gasteiger partial charge is 0.150 e. The molecule has 0 unspecified atom stereocenters. The summed E-state index contributed by atoms with van der Waals surface area (Å²) in [5.74, 6) is 0.435. The Kier molecular flexibility index (Phi) is 4.22. The van der Waals surface area contributed by atoms with Gasteiger partial charge in [0.25, 0.3) is 0 Å². The Morgan fingerprint density at radius 1 is 1.28 bits per heavy atom. The van der Waals surface area contributed by atoms with Gasteiger partial charge >= 0.3 is 0 Å². The summed E-state index contributed by atoms with van der Waals surface area (Å²) >= 11 is 9.25. The Labute approximate surface area is 118 Å². The maximum atomic E-state index is 13.2. The number of rotatable bonds is 3. The van der Waals surface area contributed by atoms with Gasteiger partial charge in [-0.1, -0.05) is 39.7 Å². The molecule has 0 saturated carbocycles. The van der Waals surface area contributed by atoms with Crippen LogP contribution in [0, 0.1) is 5.82 Å². The Bertz CT molecular complexity index is 557. The van der Waals surface area contributed by atoms with Crippen LogP contribution in [0.5, 0.6) is 11.5 Å². The van der Waals surface area contributed by atoms with E-state index in [2.05, 4.69) is 15.9 Å². The second-order valence-corrected chi connectivity index (χ2v) is 4.96. The van der Waals surface area contributed by atoms with Crippen molar-refractivity contribution in [1.82, 2.24) is 0 Å². The third-order valence-corrected chi connectivity index (χ3v) is 3.08. The minimum absolute atomic E-state index is 0.298. The topological polar surface area (TPSA) is 35.2 Å². The van der Waals surface area contributed by atoms with Crippen LogP contribution in [0.4, 0.5) is 4.39 Å². The van der Waals surface area contributed by atoms with Crippen LogP contribution in [0.25, 0.3) is 0 Å². The molecule has 0 heterocycles. The number of benzene rings is 2. The van der Waals surface area contributed by atoms with E-state index in [1.54, 1.807) is 18.2 Å². The Morgan fingerprint density at radius 3 is 2.72 bits per heavy atom. The molecule has 0 fully saturated rings. The van der Waals surface area contributed by atoms with Crippen molar-refractivity contribution in [3.05, 3.63) is 57.3 Å². The van der Waals surface area contributed by atoms with Crippen LogP contribution >= 0.6 is 27.5 Å². The maximum Gasteiger partial charge on any atom is 0.150 e. The number of para-hydroxylation sites is 1. The van der Waals surface area contributed by atoms with Crippen molar-refractivity contribution in [3.63, 3.8) is 0 Å². The molecular weight excluding hydrogens is 321 g/mol. The predicted octanol–water partition coefficient (Wildman–Crippen LogP) is 4.49. The van der Waals surface area contributed by atoms with Crippen LogP contribution in [0.15, 0.2) is 40.9 Å². The second kappa shape index (κ2) is 5.69. The van der Waals surface area contributed by atoms with Gasteiger partial charge in [-0.3, -0.25) is 0 Å². The molecule has 0 aliphatic heterocycles. The van der Waals surface area contributed by atoms with Gasteiger partial charge in [-0.2, -0.15) is 0 Å². The fraction of sp³-hybridized carbons (Fsp3) is 0.0769. The average Bonchev–Trinajstić information content (AvgIpc) is 2.30.